The molecule has 0 saturated heterocycles. The molecule has 0 radical (unpaired) electrons. The van der Waals surface area contributed by atoms with Gasteiger partial charge in [0.2, 0.25) is 0 Å². The second kappa shape index (κ2) is 5.11. The molecule has 2 aromatic heterocycles. The molecule has 1 saturated carbocycles. The molecule has 2 heterocycles. The highest BCUT2D eigenvalue weighted by Gasteiger charge is 2.23. The highest BCUT2D eigenvalue weighted by atomic mass is 16.3. The van der Waals surface area contributed by atoms with Gasteiger partial charge in [0, 0.05) is 11.8 Å². The summed E-state index contributed by atoms with van der Waals surface area (Å²) < 4.78 is 1.98. The lowest BCUT2D eigenvalue weighted by atomic mass is 9.89. The molecule has 96 valence electrons. The van der Waals surface area contributed by atoms with Crippen LogP contribution in [0.3, 0.4) is 0 Å². The number of aliphatic hydroxyl groups excluding tert-OH is 1. The van der Waals surface area contributed by atoms with E-state index in [1.807, 2.05) is 28.9 Å². The average molecular weight is 244 g/mol. The van der Waals surface area contributed by atoms with Crippen LogP contribution in [0.15, 0.2) is 30.9 Å². The Hall–Kier alpha value is -1.35. The summed E-state index contributed by atoms with van der Waals surface area (Å²) >= 11 is 0. The first-order chi connectivity index (χ1) is 8.86. The van der Waals surface area contributed by atoms with E-state index in [0.717, 1.165) is 23.9 Å². The molecule has 0 amide bonds. The van der Waals surface area contributed by atoms with Crippen molar-refractivity contribution in [1.82, 2.24) is 9.38 Å². The fourth-order valence-corrected chi connectivity index (χ4v) is 3.10. The molecule has 2 aromatic rings. The number of hydrogen-bond donors (Lipinski definition) is 1. The van der Waals surface area contributed by atoms with Crippen LogP contribution in [0.25, 0.3) is 5.52 Å². The van der Waals surface area contributed by atoms with Gasteiger partial charge >= 0.3 is 0 Å². The van der Waals surface area contributed by atoms with Crippen molar-refractivity contribution in [3.63, 3.8) is 0 Å². The van der Waals surface area contributed by atoms with Gasteiger partial charge in [-0.2, -0.15) is 0 Å². The van der Waals surface area contributed by atoms with Crippen LogP contribution in [0.1, 0.15) is 50.2 Å². The van der Waals surface area contributed by atoms with Crippen LogP contribution in [0.5, 0.6) is 0 Å². The van der Waals surface area contributed by atoms with Crippen LogP contribution < -0.4 is 0 Å². The van der Waals surface area contributed by atoms with Gasteiger partial charge in [-0.25, -0.2) is 4.98 Å². The molecule has 0 aromatic carbocycles. The fourth-order valence-electron chi connectivity index (χ4n) is 3.10. The summed E-state index contributed by atoms with van der Waals surface area (Å²) in [4.78, 5) is 4.16. The van der Waals surface area contributed by atoms with Gasteiger partial charge in [0.1, 0.15) is 0 Å². The number of imidazole rings is 1. The zero-order valence-electron chi connectivity index (χ0n) is 10.6. The van der Waals surface area contributed by atoms with Crippen molar-refractivity contribution >= 4 is 5.52 Å². The third-order valence-electron chi connectivity index (χ3n) is 4.15. The van der Waals surface area contributed by atoms with Crippen LogP contribution in [-0.2, 0) is 0 Å². The molecule has 3 heteroatoms. The minimum absolute atomic E-state index is 0.344. The van der Waals surface area contributed by atoms with Crippen LogP contribution in [-0.4, -0.2) is 14.5 Å². The van der Waals surface area contributed by atoms with Gasteiger partial charge < -0.3 is 9.51 Å². The maximum absolute atomic E-state index is 10.6. The second-order valence-electron chi connectivity index (χ2n) is 5.35. The van der Waals surface area contributed by atoms with E-state index in [1.54, 1.807) is 6.33 Å². The molecule has 3 rings (SSSR count). The lowest BCUT2D eigenvalue weighted by Gasteiger charge is -2.22. The highest BCUT2D eigenvalue weighted by Crippen LogP contribution is 2.34. The summed E-state index contributed by atoms with van der Waals surface area (Å²) in [6.45, 7) is 0. The average Bonchev–Trinajstić information content (AvgIpc) is 2.71. The van der Waals surface area contributed by atoms with Crippen LogP contribution in [0, 0.1) is 5.92 Å². The molecule has 1 fully saturated rings. The molecular formula is C15H20N2O. The number of fused-ring (bicyclic) bond motifs is 1. The van der Waals surface area contributed by atoms with Crippen molar-refractivity contribution in [1.29, 1.82) is 0 Å². The van der Waals surface area contributed by atoms with Crippen molar-refractivity contribution < 1.29 is 5.11 Å². The normalized spacial score (nSPS) is 19.8. The third kappa shape index (κ3) is 2.15. The van der Waals surface area contributed by atoms with Gasteiger partial charge in [-0.05, 0) is 24.8 Å². The summed E-state index contributed by atoms with van der Waals surface area (Å²) in [5.74, 6) is 0.411. The molecule has 18 heavy (non-hydrogen) atoms. The van der Waals surface area contributed by atoms with Crippen LogP contribution in [0.2, 0.25) is 0 Å². The Morgan fingerprint density at radius 1 is 1.22 bits per heavy atom. The molecule has 1 aliphatic rings. The predicted octanol–water partition coefficient (Wildman–Crippen LogP) is 3.34. The van der Waals surface area contributed by atoms with Crippen LogP contribution in [0.4, 0.5) is 0 Å². The first-order valence-electron chi connectivity index (χ1n) is 6.95. The Morgan fingerprint density at radius 3 is 2.78 bits per heavy atom. The van der Waals surface area contributed by atoms with Gasteiger partial charge in [-0.15, -0.1) is 0 Å². The van der Waals surface area contributed by atoms with E-state index in [2.05, 4.69) is 4.98 Å². The standard InChI is InChI=1S/C15H20N2O/c18-15(12-6-3-1-2-4-7-12)13-8-5-9-17-11-16-10-14(13)17/h5,8-12,15,18H,1-4,6-7H2. The molecule has 1 atom stereocenters. The summed E-state index contributed by atoms with van der Waals surface area (Å²) in [5.41, 5.74) is 2.07. The Kier molecular flexibility index (Phi) is 3.33. The largest absolute Gasteiger partial charge is 0.388 e. The Morgan fingerprint density at radius 2 is 2.00 bits per heavy atom. The number of nitrogens with zero attached hydrogens (tertiary/aromatic N) is 2. The van der Waals surface area contributed by atoms with Gasteiger partial charge in [0.05, 0.1) is 24.1 Å². The van der Waals surface area contributed by atoms with E-state index in [0.29, 0.717) is 5.92 Å². The summed E-state index contributed by atoms with van der Waals surface area (Å²) in [5, 5.41) is 10.6. The zero-order valence-corrected chi connectivity index (χ0v) is 10.6. The fraction of sp³-hybridized carbons (Fsp3) is 0.533. The van der Waals surface area contributed by atoms with Crippen molar-refractivity contribution in [3.8, 4) is 0 Å². The van der Waals surface area contributed by atoms with E-state index in [4.69, 9.17) is 0 Å². The van der Waals surface area contributed by atoms with E-state index in [-0.39, 0.29) is 6.10 Å². The molecule has 1 aliphatic carbocycles. The quantitative estimate of drug-likeness (QED) is 0.823. The highest BCUT2D eigenvalue weighted by molar-refractivity contribution is 5.54. The predicted molar refractivity (Wildman–Crippen MR) is 71.3 cm³/mol. The van der Waals surface area contributed by atoms with Crippen molar-refractivity contribution in [3.05, 3.63) is 36.4 Å². The number of rotatable bonds is 2. The van der Waals surface area contributed by atoms with E-state index < -0.39 is 0 Å². The van der Waals surface area contributed by atoms with E-state index in [9.17, 15) is 5.11 Å². The first kappa shape index (κ1) is 11.7. The molecule has 0 bridgehead atoms. The van der Waals surface area contributed by atoms with Crippen molar-refractivity contribution in [2.45, 2.75) is 44.6 Å². The van der Waals surface area contributed by atoms with Gasteiger partial charge in [-0.3, -0.25) is 0 Å². The molecule has 3 nitrogen and oxygen atoms in total. The molecule has 0 aliphatic heterocycles. The Labute approximate surface area is 107 Å². The monoisotopic (exact) mass is 244 g/mol. The maximum atomic E-state index is 10.6. The third-order valence-corrected chi connectivity index (χ3v) is 4.15. The van der Waals surface area contributed by atoms with Gasteiger partial charge in [-0.1, -0.05) is 31.7 Å². The topological polar surface area (TPSA) is 37.5 Å². The van der Waals surface area contributed by atoms with Crippen molar-refractivity contribution in [2.24, 2.45) is 5.92 Å². The molecule has 1 N–H and O–H groups in total. The maximum Gasteiger partial charge on any atom is 0.0992 e. The van der Waals surface area contributed by atoms with Gasteiger partial charge in [0.25, 0.3) is 0 Å². The smallest absolute Gasteiger partial charge is 0.0992 e. The first-order valence-corrected chi connectivity index (χ1v) is 6.95. The van der Waals surface area contributed by atoms with E-state index >= 15 is 0 Å². The van der Waals surface area contributed by atoms with Crippen LogP contribution >= 0.6 is 0 Å². The molecular weight excluding hydrogens is 224 g/mol. The number of hydrogen-bond acceptors (Lipinski definition) is 2. The SMILES string of the molecule is OC(c1cccn2cncc12)C1CCCCCC1. The number of aliphatic hydroxyl groups is 1. The summed E-state index contributed by atoms with van der Waals surface area (Å²) in [7, 11) is 0. The lowest BCUT2D eigenvalue weighted by Crippen LogP contribution is -2.12. The molecule has 0 spiro atoms. The summed E-state index contributed by atoms with van der Waals surface area (Å²) in [6.07, 6.45) is 12.7. The second-order valence-corrected chi connectivity index (χ2v) is 5.35. The van der Waals surface area contributed by atoms with E-state index in [1.165, 1.54) is 25.7 Å². The number of pyridine rings is 1. The van der Waals surface area contributed by atoms with Crippen molar-refractivity contribution in [2.75, 3.05) is 0 Å². The minimum atomic E-state index is -0.344. The lowest BCUT2D eigenvalue weighted by molar-refractivity contribution is 0.0998. The minimum Gasteiger partial charge on any atom is -0.388 e. The summed E-state index contributed by atoms with van der Waals surface area (Å²) in [6, 6.07) is 4.02. The molecule has 1 unspecified atom stereocenters. The Balaban J connectivity index is 1.90. The van der Waals surface area contributed by atoms with Gasteiger partial charge in [0.15, 0.2) is 0 Å². The zero-order chi connectivity index (χ0) is 12.4. The Bertz CT molecular complexity index is 512. The number of aromatic nitrogens is 2.